The first kappa shape index (κ1) is 23.2. The Kier molecular flexibility index (Phi) is 7.55. The Morgan fingerprint density at radius 1 is 0.970 bits per heavy atom. The van der Waals surface area contributed by atoms with Gasteiger partial charge < -0.3 is 9.80 Å². The first-order chi connectivity index (χ1) is 16.0. The minimum absolute atomic E-state index is 0.0648. The third-order valence-corrected chi connectivity index (χ3v) is 6.41. The van der Waals surface area contributed by atoms with Crippen LogP contribution in [-0.4, -0.2) is 63.2 Å². The van der Waals surface area contributed by atoms with Gasteiger partial charge in [-0.15, -0.1) is 5.10 Å². The number of hydrogen-bond donors (Lipinski definition) is 0. The van der Waals surface area contributed by atoms with Crippen LogP contribution in [0.1, 0.15) is 60.2 Å². The van der Waals surface area contributed by atoms with E-state index in [9.17, 15) is 4.79 Å². The van der Waals surface area contributed by atoms with Gasteiger partial charge in [-0.3, -0.25) is 4.79 Å². The molecule has 2 aromatic carbocycles. The Bertz CT molecular complexity index is 1060. The fraction of sp³-hybridized carbons (Fsp3) is 0.444. The highest BCUT2D eigenvalue weighted by Gasteiger charge is 2.24. The maximum atomic E-state index is 13.2. The van der Waals surface area contributed by atoms with Crippen molar-refractivity contribution in [1.82, 2.24) is 24.6 Å². The molecule has 0 aliphatic carbocycles. The number of amides is 1. The zero-order valence-corrected chi connectivity index (χ0v) is 20.1. The van der Waals surface area contributed by atoms with E-state index in [2.05, 4.69) is 65.2 Å². The molecule has 3 aromatic rings. The number of aromatic nitrogens is 3. The smallest absolute Gasteiger partial charge is 0.293 e. The summed E-state index contributed by atoms with van der Waals surface area (Å²) in [4.78, 5) is 22.2. The SMILES string of the molecule is Cc1nc(C(=O)N2CCCN(CCCc3ccccc3)CC2)nn1-c1ccccc1C(C)C. The molecular weight excluding hydrogens is 410 g/mol. The van der Waals surface area contributed by atoms with Gasteiger partial charge >= 0.3 is 0 Å². The normalized spacial score (nSPS) is 15.1. The maximum Gasteiger partial charge on any atom is 0.293 e. The van der Waals surface area contributed by atoms with Crippen molar-refractivity contribution < 1.29 is 4.79 Å². The van der Waals surface area contributed by atoms with E-state index in [1.54, 1.807) is 0 Å². The molecule has 0 unspecified atom stereocenters. The summed E-state index contributed by atoms with van der Waals surface area (Å²) in [5.41, 5.74) is 3.59. The zero-order chi connectivity index (χ0) is 23.2. The van der Waals surface area contributed by atoms with Crippen molar-refractivity contribution in [2.45, 2.75) is 46.0 Å². The van der Waals surface area contributed by atoms with E-state index in [4.69, 9.17) is 0 Å². The summed E-state index contributed by atoms with van der Waals surface area (Å²) in [5, 5.41) is 4.63. The van der Waals surface area contributed by atoms with E-state index in [1.165, 1.54) is 11.1 Å². The molecule has 0 N–H and O–H groups in total. The van der Waals surface area contributed by atoms with Gasteiger partial charge in [0.2, 0.25) is 5.82 Å². The first-order valence-electron chi connectivity index (χ1n) is 12.1. The van der Waals surface area contributed by atoms with Gasteiger partial charge in [-0.25, -0.2) is 9.67 Å². The number of carbonyl (C=O) groups is 1. The van der Waals surface area contributed by atoms with E-state index in [-0.39, 0.29) is 5.91 Å². The lowest BCUT2D eigenvalue weighted by Crippen LogP contribution is -2.36. The minimum Gasteiger partial charge on any atom is -0.335 e. The summed E-state index contributed by atoms with van der Waals surface area (Å²) in [6.07, 6.45) is 3.21. The molecule has 1 aromatic heterocycles. The number of aryl methyl sites for hydroxylation is 2. The minimum atomic E-state index is -0.0648. The van der Waals surface area contributed by atoms with E-state index >= 15 is 0 Å². The molecule has 4 rings (SSSR count). The summed E-state index contributed by atoms with van der Waals surface area (Å²) in [7, 11) is 0. The summed E-state index contributed by atoms with van der Waals surface area (Å²) < 4.78 is 1.82. The van der Waals surface area contributed by atoms with Crippen LogP contribution < -0.4 is 0 Å². The molecule has 1 fully saturated rings. The molecule has 33 heavy (non-hydrogen) atoms. The number of nitrogens with zero attached hydrogens (tertiary/aromatic N) is 5. The summed E-state index contributed by atoms with van der Waals surface area (Å²) in [6.45, 7) is 10.7. The Hall–Kier alpha value is -2.99. The molecule has 0 radical (unpaired) electrons. The Balaban J connectivity index is 1.37. The number of carbonyl (C=O) groups excluding carboxylic acids is 1. The number of rotatable bonds is 7. The van der Waals surface area contributed by atoms with Gasteiger partial charge in [0.25, 0.3) is 5.91 Å². The van der Waals surface area contributed by atoms with Crippen molar-refractivity contribution in [3.8, 4) is 5.69 Å². The third-order valence-electron chi connectivity index (χ3n) is 6.41. The lowest BCUT2D eigenvalue weighted by Gasteiger charge is -2.21. The van der Waals surface area contributed by atoms with Gasteiger partial charge in [0, 0.05) is 19.6 Å². The van der Waals surface area contributed by atoms with Crippen LogP contribution >= 0.6 is 0 Å². The Morgan fingerprint density at radius 3 is 2.52 bits per heavy atom. The third kappa shape index (κ3) is 5.69. The predicted molar refractivity (Wildman–Crippen MR) is 132 cm³/mol. The second-order valence-electron chi connectivity index (χ2n) is 9.18. The molecule has 0 atom stereocenters. The first-order valence-corrected chi connectivity index (χ1v) is 12.1. The fourth-order valence-corrected chi connectivity index (χ4v) is 4.57. The van der Waals surface area contributed by atoms with Crippen molar-refractivity contribution in [2.24, 2.45) is 0 Å². The van der Waals surface area contributed by atoms with E-state index in [1.807, 2.05) is 34.7 Å². The van der Waals surface area contributed by atoms with Gasteiger partial charge in [0.1, 0.15) is 5.82 Å². The summed E-state index contributed by atoms with van der Waals surface area (Å²) in [6, 6.07) is 18.9. The maximum absolute atomic E-state index is 13.2. The largest absolute Gasteiger partial charge is 0.335 e. The molecule has 174 valence electrons. The van der Waals surface area contributed by atoms with Crippen LogP contribution in [0.3, 0.4) is 0 Å². The van der Waals surface area contributed by atoms with E-state index in [0.717, 1.165) is 63.5 Å². The van der Waals surface area contributed by atoms with E-state index < -0.39 is 0 Å². The molecule has 0 spiro atoms. The van der Waals surface area contributed by atoms with Gasteiger partial charge in [-0.1, -0.05) is 62.4 Å². The number of hydrogen-bond acceptors (Lipinski definition) is 4. The van der Waals surface area contributed by atoms with Gasteiger partial charge in [0.05, 0.1) is 5.69 Å². The molecule has 0 bridgehead atoms. The van der Waals surface area contributed by atoms with Crippen molar-refractivity contribution >= 4 is 5.91 Å². The second-order valence-corrected chi connectivity index (χ2v) is 9.18. The Labute approximate surface area is 197 Å². The quantitative estimate of drug-likeness (QED) is 0.538. The topological polar surface area (TPSA) is 54.3 Å². The predicted octanol–water partition coefficient (Wildman–Crippen LogP) is 4.48. The molecule has 1 aliphatic rings. The molecule has 1 saturated heterocycles. The monoisotopic (exact) mass is 445 g/mol. The molecule has 1 amide bonds. The Morgan fingerprint density at radius 2 is 1.73 bits per heavy atom. The average molecular weight is 446 g/mol. The van der Waals surface area contributed by atoms with E-state index in [0.29, 0.717) is 11.7 Å². The molecular formula is C27H35N5O. The van der Waals surface area contributed by atoms with Crippen LogP contribution in [0.25, 0.3) is 5.69 Å². The fourth-order valence-electron chi connectivity index (χ4n) is 4.57. The lowest BCUT2D eigenvalue weighted by atomic mass is 10.0. The van der Waals surface area contributed by atoms with Gasteiger partial charge in [-0.2, -0.15) is 0 Å². The van der Waals surface area contributed by atoms with Crippen LogP contribution in [0.2, 0.25) is 0 Å². The van der Waals surface area contributed by atoms with Gasteiger partial charge in [-0.05, 0) is 62.4 Å². The highest BCUT2D eigenvalue weighted by molar-refractivity contribution is 5.90. The molecule has 6 nitrogen and oxygen atoms in total. The zero-order valence-electron chi connectivity index (χ0n) is 20.1. The van der Waals surface area contributed by atoms with Gasteiger partial charge in [0.15, 0.2) is 0 Å². The van der Waals surface area contributed by atoms with Crippen molar-refractivity contribution in [3.63, 3.8) is 0 Å². The molecule has 6 heteroatoms. The average Bonchev–Trinajstić information content (AvgIpc) is 3.06. The molecule has 1 aliphatic heterocycles. The van der Waals surface area contributed by atoms with Crippen molar-refractivity contribution in [1.29, 1.82) is 0 Å². The molecule has 0 saturated carbocycles. The standard InChI is InChI=1S/C27H35N5O/c1-21(2)24-14-7-8-15-25(24)32-22(3)28-26(29-32)27(33)31-18-10-17-30(19-20-31)16-9-13-23-11-5-4-6-12-23/h4-8,11-12,14-15,21H,9-10,13,16-20H2,1-3H3. The van der Waals surface area contributed by atoms with Crippen LogP contribution in [0, 0.1) is 6.92 Å². The molecule has 2 heterocycles. The van der Waals surface area contributed by atoms with Crippen molar-refractivity contribution in [2.75, 3.05) is 32.7 Å². The number of para-hydroxylation sites is 1. The lowest BCUT2D eigenvalue weighted by molar-refractivity contribution is 0.0749. The van der Waals surface area contributed by atoms with Crippen LogP contribution in [0.4, 0.5) is 0 Å². The summed E-state index contributed by atoms with van der Waals surface area (Å²) >= 11 is 0. The second kappa shape index (κ2) is 10.8. The van der Waals surface area contributed by atoms with Crippen LogP contribution in [-0.2, 0) is 6.42 Å². The van der Waals surface area contributed by atoms with Crippen LogP contribution in [0.5, 0.6) is 0 Å². The summed E-state index contributed by atoms with van der Waals surface area (Å²) in [5.74, 6) is 1.33. The van der Waals surface area contributed by atoms with Crippen LogP contribution in [0.15, 0.2) is 54.6 Å². The van der Waals surface area contributed by atoms with Crippen molar-refractivity contribution in [3.05, 3.63) is 77.4 Å². The highest BCUT2D eigenvalue weighted by Crippen LogP contribution is 2.23. The number of benzene rings is 2. The highest BCUT2D eigenvalue weighted by atomic mass is 16.2.